The second-order valence-corrected chi connectivity index (χ2v) is 6.75. The fourth-order valence-corrected chi connectivity index (χ4v) is 2.94. The van der Waals surface area contributed by atoms with Gasteiger partial charge in [0.2, 0.25) is 0 Å². The summed E-state index contributed by atoms with van der Waals surface area (Å²) in [6.45, 7) is 5.78. The zero-order valence-electron chi connectivity index (χ0n) is 15.1. The first-order valence-corrected chi connectivity index (χ1v) is 8.35. The molecular weight excluding hydrogens is 340 g/mol. The minimum atomic E-state index is -0.991. The second-order valence-electron chi connectivity index (χ2n) is 6.34. The number of nitrogens with zero attached hydrogens (tertiary/aromatic N) is 1. The third kappa shape index (κ3) is 4.57. The molecule has 0 atom stereocenters. The number of halogens is 1. The molecule has 0 fully saturated rings. The van der Waals surface area contributed by atoms with Gasteiger partial charge in [-0.05, 0) is 38.5 Å². The van der Waals surface area contributed by atoms with Crippen LogP contribution in [0.15, 0.2) is 30.3 Å². The third-order valence-corrected chi connectivity index (χ3v) is 3.82. The van der Waals surface area contributed by atoms with Gasteiger partial charge in [-0.2, -0.15) is 0 Å². The number of hydrogen-bond acceptors (Lipinski definition) is 4. The van der Waals surface area contributed by atoms with Crippen LogP contribution in [0, 0.1) is 6.92 Å². The van der Waals surface area contributed by atoms with Crippen LogP contribution in [-0.4, -0.2) is 31.3 Å². The third-order valence-electron chi connectivity index (χ3n) is 3.53. The Morgan fingerprint density at radius 2 is 1.88 bits per heavy atom. The summed E-state index contributed by atoms with van der Waals surface area (Å²) in [7, 11) is 3.76. The monoisotopic (exact) mass is 362 g/mol. The van der Waals surface area contributed by atoms with Gasteiger partial charge < -0.3 is 20.1 Å². The molecule has 0 radical (unpaired) electrons. The van der Waals surface area contributed by atoms with Crippen molar-refractivity contribution in [2.24, 2.45) is 0 Å². The van der Waals surface area contributed by atoms with Gasteiger partial charge in [0, 0.05) is 26.2 Å². The Morgan fingerprint density at radius 1 is 1.20 bits per heavy atom. The SMILES string of the molecule is Cc1ccc(C(=O)O)c(Nc2cc(OC(C)C)cc(Cl)c2N(C)C)c1. The van der Waals surface area contributed by atoms with Crippen LogP contribution in [0.2, 0.25) is 5.02 Å². The normalized spacial score (nSPS) is 10.7. The molecule has 0 saturated heterocycles. The maximum atomic E-state index is 11.5. The number of nitrogens with one attached hydrogen (secondary N) is 1. The van der Waals surface area contributed by atoms with Crippen LogP contribution in [0.4, 0.5) is 17.1 Å². The van der Waals surface area contributed by atoms with Gasteiger partial charge >= 0.3 is 5.97 Å². The van der Waals surface area contributed by atoms with Crippen molar-refractivity contribution in [1.82, 2.24) is 0 Å². The van der Waals surface area contributed by atoms with E-state index in [1.165, 1.54) is 0 Å². The van der Waals surface area contributed by atoms with Crippen molar-refractivity contribution in [2.45, 2.75) is 26.9 Å². The van der Waals surface area contributed by atoms with E-state index in [1.54, 1.807) is 24.3 Å². The molecule has 0 aliphatic rings. The molecule has 2 aromatic carbocycles. The standard InChI is InChI=1S/C19H23ClN2O3/c1-11(2)25-13-9-15(20)18(22(4)5)17(10-13)21-16-8-12(3)6-7-14(16)19(23)24/h6-11,21H,1-5H3,(H,23,24). The molecule has 134 valence electrons. The number of aryl methyl sites for hydroxylation is 1. The van der Waals surface area contributed by atoms with E-state index in [9.17, 15) is 9.90 Å². The minimum Gasteiger partial charge on any atom is -0.491 e. The number of carboxylic acids is 1. The molecule has 0 aliphatic carbocycles. The molecule has 5 nitrogen and oxygen atoms in total. The lowest BCUT2D eigenvalue weighted by molar-refractivity contribution is 0.0698. The Morgan fingerprint density at radius 3 is 2.44 bits per heavy atom. The number of carboxylic acid groups (broad SMARTS) is 1. The van der Waals surface area contributed by atoms with E-state index in [-0.39, 0.29) is 11.7 Å². The van der Waals surface area contributed by atoms with Crippen molar-refractivity contribution in [3.63, 3.8) is 0 Å². The summed E-state index contributed by atoms with van der Waals surface area (Å²) in [6.07, 6.45) is 0.00248. The highest BCUT2D eigenvalue weighted by Gasteiger charge is 2.16. The average Bonchev–Trinajstić information content (AvgIpc) is 2.45. The van der Waals surface area contributed by atoms with Gasteiger partial charge in [-0.25, -0.2) is 4.79 Å². The zero-order chi connectivity index (χ0) is 18.7. The maximum absolute atomic E-state index is 11.5. The first kappa shape index (κ1) is 18.9. The molecular formula is C19H23ClN2O3. The molecule has 0 aromatic heterocycles. The van der Waals surface area contributed by atoms with Crippen LogP contribution in [-0.2, 0) is 0 Å². The zero-order valence-corrected chi connectivity index (χ0v) is 15.8. The summed E-state index contributed by atoms with van der Waals surface area (Å²) in [5.41, 5.74) is 3.10. The Hall–Kier alpha value is -2.40. The molecule has 0 heterocycles. The number of ether oxygens (including phenoxy) is 1. The average molecular weight is 363 g/mol. The summed E-state index contributed by atoms with van der Waals surface area (Å²) < 4.78 is 5.75. The topological polar surface area (TPSA) is 61.8 Å². The molecule has 0 unspecified atom stereocenters. The number of carbonyl (C=O) groups is 1. The minimum absolute atomic E-state index is 0.00248. The number of rotatable bonds is 6. The summed E-state index contributed by atoms with van der Waals surface area (Å²) in [5, 5.41) is 13.2. The second kappa shape index (κ2) is 7.66. The van der Waals surface area contributed by atoms with E-state index in [0.717, 1.165) is 11.3 Å². The molecule has 0 saturated carbocycles. The first-order valence-electron chi connectivity index (χ1n) is 7.97. The van der Waals surface area contributed by atoms with E-state index in [4.69, 9.17) is 16.3 Å². The molecule has 2 N–H and O–H groups in total. The highest BCUT2D eigenvalue weighted by atomic mass is 35.5. The van der Waals surface area contributed by atoms with Crippen molar-refractivity contribution >= 4 is 34.6 Å². The number of aromatic carboxylic acids is 1. The maximum Gasteiger partial charge on any atom is 0.337 e. The van der Waals surface area contributed by atoms with Gasteiger partial charge in [0.25, 0.3) is 0 Å². The summed E-state index contributed by atoms with van der Waals surface area (Å²) in [4.78, 5) is 13.4. The Kier molecular flexibility index (Phi) is 5.80. The molecule has 0 bridgehead atoms. The van der Waals surface area contributed by atoms with Crippen molar-refractivity contribution in [3.05, 3.63) is 46.5 Å². The lowest BCUT2D eigenvalue weighted by Crippen LogP contribution is -2.13. The summed E-state index contributed by atoms with van der Waals surface area (Å²) in [5.74, 6) is -0.368. The van der Waals surface area contributed by atoms with Gasteiger partial charge in [0.1, 0.15) is 5.75 Å². The predicted octanol–water partition coefficient (Wildman–Crippen LogP) is 4.94. The molecule has 2 rings (SSSR count). The smallest absolute Gasteiger partial charge is 0.337 e. The van der Waals surface area contributed by atoms with Gasteiger partial charge in [0.05, 0.1) is 33.8 Å². The van der Waals surface area contributed by atoms with Crippen LogP contribution in [0.25, 0.3) is 0 Å². The van der Waals surface area contributed by atoms with Crippen LogP contribution < -0.4 is 15.0 Å². The molecule has 0 aliphatic heterocycles. The van der Waals surface area contributed by atoms with Gasteiger partial charge in [-0.3, -0.25) is 0 Å². The Bertz CT molecular complexity index is 788. The molecule has 6 heteroatoms. The highest BCUT2D eigenvalue weighted by molar-refractivity contribution is 6.34. The van der Waals surface area contributed by atoms with Crippen molar-refractivity contribution in [1.29, 1.82) is 0 Å². The number of anilines is 3. The number of benzene rings is 2. The van der Waals surface area contributed by atoms with Crippen LogP contribution in [0.1, 0.15) is 29.8 Å². The highest BCUT2D eigenvalue weighted by Crippen LogP contribution is 2.39. The molecule has 0 amide bonds. The molecule has 0 spiro atoms. The van der Waals surface area contributed by atoms with Gasteiger partial charge in [-0.1, -0.05) is 17.7 Å². The van der Waals surface area contributed by atoms with E-state index >= 15 is 0 Å². The van der Waals surface area contributed by atoms with Crippen LogP contribution >= 0.6 is 11.6 Å². The number of hydrogen-bond donors (Lipinski definition) is 2. The van der Waals surface area contributed by atoms with E-state index in [2.05, 4.69) is 5.32 Å². The largest absolute Gasteiger partial charge is 0.491 e. The van der Waals surface area contributed by atoms with E-state index in [1.807, 2.05) is 45.8 Å². The fraction of sp³-hybridized carbons (Fsp3) is 0.316. The first-order chi connectivity index (χ1) is 11.7. The Labute approximate surface area is 153 Å². The van der Waals surface area contributed by atoms with Gasteiger partial charge in [0.15, 0.2) is 0 Å². The molecule has 25 heavy (non-hydrogen) atoms. The van der Waals surface area contributed by atoms with E-state index < -0.39 is 5.97 Å². The van der Waals surface area contributed by atoms with Crippen molar-refractivity contribution < 1.29 is 14.6 Å². The Balaban J connectivity index is 2.56. The predicted molar refractivity (Wildman–Crippen MR) is 103 cm³/mol. The van der Waals surface area contributed by atoms with Crippen molar-refractivity contribution in [2.75, 3.05) is 24.3 Å². The lowest BCUT2D eigenvalue weighted by atomic mass is 10.1. The lowest BCUT2D eigenvalue weighted by Gasteiger charge is -2.22. The van der Waals surface area contributed by atoms with E-state index in [0.29, 0.717) is 22.1 Å². The fourth-order valence-electron chi connectivity index (χ4n) is 2.56. The quantitative estimate of drug-likeness (QED) is 0.761. The van der Waals surface area contributed by atoms with Crippen LogP contribution in [0.5, 0.6) is 5.75 Å². The van der Waals surface area contributed by atoms with Crippen LogP contribution in [0.3, 0.4) is 0 Å². The van der Waals surface area contributed by atoms with Gasteiger partial charge in [-0.15, -0.1) is 0 Å². The summed E-state index contributed by atoms with van der Waals surface area (Å²) in [6, 6.07) is 8.75. The van der Waals surface area contributed by atoms with Crippen molar-refractivity contribution in [3.8, 4) is 5.75 Å². The molecule has 2 aromatic rings. The summed E-state index contributed by atoms with van der Waals surface area (Å²) >= 11 is 6.43.